The largest absolute Gasteiger partial charge is 0.313 e. The number of thioether (sulfide) groups is 1. The minimum absolute atomic E-state index is 0.232. The summed E-state index contributed by atoms with van der Waals surface area (Å²) in [5, 5.41) is 4.17. The summed E-state index contributed by atoms with van der Waals surface area (Å²) >= 11 is 7.73. The molecule has 6 heteroatoms. The third-order valence-electron chi connectivity index (χ3n) is 3.19. The first kappa shape index (κ1) is 18.8. The Labute approximate surface area is 137 Å². The molecule has 0 aromatic heterocycles. The van der Waals surface area contributed by atoms with E-state index in [1.54, 1.807) is 18.7 Å². The van der Waals surface area contributed by atoms with Crippen molar-refractivity contribution >= 4 is 33.2 Å². The van der Waals surface area contributed by atoms with Crippen LogP contribution in [0.4, 0.5) is 0 Å². The normalized spacial score (nSPS) is 13.3. The van der Waals surface area contributed by atoms with E-state index in [1.165, 1.54) is 0 Å². The molecule has 0 heterocycles. The first-order valence-corrected chi connectivity index (χ1v) is 10.5. The van der Waals surface area contributed by atoms with E-state index in [0.29, 0.717) is 12.5 Å². The van der Waals surface area contributed by atoms with Crippen molar-refractivity contribution in [2.24, 2.45) is 0 Å². The van der Waals surface area contributed by atoms with Gasteiger partial charge in [0.05, 0.1) is 5.75 Å². The summed E-state index contributed by atoms with van der Waals surface area (Å²) in [6.07, 6.45) is 1.59. The molecule has 0 saturated carbocycles. The van der Waals surface area contributed by atoms with Gasteiger partial charge in [-0.15, -0.1) is 11.8 Å². The summed E-state index contributed by atoms with van der Waals surface area (Å²) in [4.78, 5) is 1.14. The number of rotatable bonds is 10. The molecule has 1 atom stereocenters. The molecule has 0 radical (unpaired) electrons. The van der Waals surface area contributed by atoms with Crippen molar-refractivity contribution < 1.29 is 8.42 Å². The first-order valence-electron chi connectivity index (χ1n) is 7.29. The van der Waals surface area contributed by atoms with Crippen LogP contribution in [0, 0.1) is 0 Å². The molecule has 0 aliphatic heterocycles. The van der Waals surface area contributed by atoms with Crippen LogP contribution in [0.2, 0.25) is 5.02 Å². The summed E-state index contributed by atoms with van der Waals surface area (Å²) in [5.74, 6) is 1.43. The molecule has 0 aliphatic carbocycles. The van der Waals surface area contributed by atoms with Crippen molar-refractivity contribution in [3.8, 4) is 0 Å². The standard InChI is InChI=1S/C15H24ClNO2S2/c1-3-17-14(8-6-10-21(18,19)4-2)12-20-15-9-5-7-13(16)11-15/h5,7,9,11,14,17H,3-4,6,8,10,12H2,1-2H3. The minimum Gasteiger partial charge on any atom is -0.313 e. The van der Waals surface area contributed by atoms with Crippen molar-refractivity contribution in [3.05, 3.63) is 29.3 Å². The third-order valence-corrected chi connectivity index (χ3v) is 6.37. The number of benzene rings is 1. The fourth-order valence-corrected chi connectivity index (χ4v) is 4.19. The van der Waals surface area contributed by atoms with Crippen molar-refractivity contribution in [1.82, 2.24) is 5.32 Å². The predicted octanol–water partition coefficient (Wildman–Crippen LogP) is 3.63. The van der Waals surface area contributed by atoms with Gasteiger partial charge >= 0.3 is 0 Å². The molecule has 0 aliphatic rings. The fourth-order valence-electron chi connectivity index (χ4n) is 1.98. The number of hydrogen-bond donors (Lipinski definition) is 1. The van der Waals surface area contributed by atoms with Gasteiger partial charge in [0.1, 0.15) is 9.84 Å². The minimum atomic E-state index is -2.85. The molecule has 21 heavy (non-hydrogen) atoms. The molecule has 0 spiro atoms. The highest BCUT2D eigenvalue weighted by Crippen LogP contribution is 2.23. The van der Waals surface area contributed by atoms with E-state index in [9.17, 15) is 8.42 Å². The zero-order chi connectivity index (χ0) is 15.7. The molecular weight excluding hydrogens is 326 g/mol. The van der Waals surface area contributed by atoms with E-state index in [0.717, 1.165) is 28.6 Å². The molecule has 0 bridgehead atoms. The zero-order valence-corrected chi connectivity index (χ0v) is 15.0. The van der Waals surface area contributed by atoms with Crippen LogP contribution in [0.5, 0.6) is 0 Å². The van der Waals surface area contributed by atoms with Gasteiger partial charge in [-0.3, -0.25) is 0 Å². The zero-order valence-electron chi connectivity index (χ0n) is 12.6. The van der Waals surface area contributed by atoms with Crippen LogP contribution in [-0.2, 0) is 9.84 Å². The maximum absolute atomic E-state index is 11.5. The Morgan fingerprint density at radius 2 is 2.10 bits per heavy atom. The quantitative estimate of drug-likeness (QED) is 0.655. The number of nitrogens with one attached hydrogen (secondary N) is 1. The molecule has 0 amide bonds. The predicted molar refractivity (Wildman–Crippen MR) is 93.2 cm³/mol. The highest BCUT2D eigenvalue weighted by atomic mass is 35.5. The van der Waals surface area contributed by atoms with Crippen LogP contribution < -0.4 is 5.32 Å². The molecule has 120 valence electrons. The lowest BCUT2D eigenvalue weighted by molar-refractivity contribution is 0.527. The lowest BCUT2D eigenvalue weighted by Crippen LogP contribution is -2.31. The Balaban J connectivity index is 2.42. The average molecular weight is 350 g/mol. The SMILES string of the molecule is CCNC(CCCS(=O)(=O)CC)CSc1cccc(Cl)c1. The lowest BCUT2D eigenvalue weighted by atomic mass is 10.2. The molecule has 1 aromatic rings. The summed E-state index contributed by atoms with van der Waals surface area (Å²) in [6, 6.07) is 8.13. The second kappa shape index (κ2) is 9.72. The van der Waals surface area contributed by atoms with Gasteiger partial charge < -0.3 is 5.32 Å². The van der Waals surface area contributed by atoms with E-state index in [-0.39, 0.29) is 11.5 Å². The van der Waals surface area contributed by atoms with Crippen molar-refractivity contribution in [1.29, 1.82) is 0 Å². The maximum Gasteiger partial charge on any atom is 0.150 e. The van der Waals surface area contributed by atoms with E-state index in [2.05, 4.69) is 12.2 Å². The molecular formula is C15H24ClNO2S2. The van der Waals surface area contributed by atoms with E-state index in [4.69, 9.17) is 11.6 Å². The van der Waals surface area contributed by atoms with Gasteiger partial charge in [-0.2, -0.15) is 0 Å². The summed E-state index contributed by atoms with van der Waals surface area (Å²) in [6.45, 7) is 4.66. The average Bonchev–Trinajstić information content (AvgIpc) is 2.45. The summed E-state index contributed by atoms with van der Waals surface area (Å²) in [5.41, 5.74) is 0. The van der Waals surface area contributed by atoms with Crippen molar-refractivity contribution in [2.45, 2.75) is 37.6 Å². The van der Waals surface area contributed by atoms with Crippen LogP contribution in [0.25, 0.3) is 0 Å². The topological polar surface area (TPSA) is 46.2 Å². The molecule has 1 unspecified atom stereocenters. The van der Waals surface area contributed by atoms with Crippen LogP contribution >= 0.6 is 23.4 Å². The lowest BCUT2D eigenvalue weighted by Gasteiger charge is -2.17. The Kier molecular flexibility index (Phi) is 8.71. The van der Waals surface area contributed by atoms with Crippen LogP contribution in [0.3, 0.4) is 0 Å². The smallest absolute Gasteiger partial charge is 0.150 e. The molecule has 1 rings (SSSR count). The fraction of sp³-hybridized carbons (Fsp3) is 0.600. The second-order valence-electron chi connectivity index (χ2n) is 4.90. The Bertz CT molecular complexity index is 520. The molecule has 0 fully saturated rings. The van der Waals surface area contributed by atoms with Gasteiger partial charge in [-0.25, -0.2) is 8.42 Å². The molecule has 3 nitrogen and oxygen atoms in total. The van der Waals surface area contributed by atoms with E-state index in [1.807, 2.05) is 24.3 Å². The van der Waals surface area contributed by atoms with Crippen molar-refractivity contribution in [2.75, 3.05) is 23.8 Å². The number of hydrogen-bond acceptors (Lipinski definition) is 4. The van der Waals surface area contributed by atoms with E-state index < -0.39 is 9.84 Å². The maximum atomic E-state index is 11.5. The van der Waals surface area contributed by atoms with E-state index >= 15 is 0 Å². The Morgan fingerprint density at radius 3 is 2.71 bits per heavy atom. The summed E-state index contributed by atoms with van der Waals surface area (Å²) < 4.78 is 23.0. The monoisotopic (exact) mass is 349 g/mol. The first-order chi connectivity index (χ1) is 9.96. The number of halogens is 1. The van der Waals surface area contributed by atoms with Gasteiger partial charge in [0.25, 0.3) is 0 Å². The van der Waals surface area contributed by atoms with Gasteiger partial charge in [0.2, 0.25) is 0 Å². The van der Waals surface area contributed by atoms with Crippen molar-refractivity contribution in [3.63, 3.8) is 0 Å². The third kappa shape index (κ3) is 8.10. The van der Waals surface area contributed by atoms with Gasteiger partial charge in [0, 0.05) is 27.5 Å². The van der Waals surface area contributed by atoms with Crippen LogP contribution in [-0.4, -0.2) is 38.3 Å². The van der Waals surface area contributed by atoms with Gasteiger partial charge in [-0.05, 0) is 37.6 Å². The highest BCUT2D eigenvalue weighted by Gasteiger charge is 2.12. The summed E-state index contributed by atoms with van der Waals surface area (Å²) in [7, 11) is -2.85. The molecule has 0 saturated heterocycles. The Hall–Kier alpha value is -0.230. The second-order valence-corrected chi connectivity index (χ2v) is 8.90. The van der Waals surface area contributed by atoms with Crippen LogP contribution in [0.1, 0.15) is 26.7 Å². The van der Waals surface area contributed by atoms with Gasteiger partial charge in [-0.1, -0.05) is 31.5 Å². The molecule has 1 aromatic carbocycles. The Morgan fingerprint density at radius 1 is 1.33 bits per heavy atom. The highest BCUT2D eigenvalue weighted by molar-refractivity contribution is 7.99. The number of sulfone groups is 1. The van der Waals surface area contributed by atoms with Crippen LogP contribution in [0.15, 0.2) is 29.2 Å². The molecule has 1 N–H and O–H groups in total. The van der Waals surface area contributed by atoms with Gasteiger partial charge in [0.15, 0.2) is 0 Å².